The van der Waals surface area contributed by atoms with Gasteiger partial charge in [-0.05, 0) is 13.3 Å². The van der Waals surface area contributed by atoms with Gasteiger partial charge in [0.25, 0.3) is 0 Å². The third kappa shape index (κ3) is 2.45. The molecule has 2 N–H and O–H groups in total. The third-order valence-electron chi connectivity index (χ3n) is 1.62. The lowest BCUT2D eigenvalue weighted by Crippen LogP contribution is -2.29. The molecule has 2 atom stereocenters. The fourth-order valence-corrected chi connectivity index (χ4v) is 0.784. The Labute approximate surface area is 60.7 Å². The predicted octanol–water partition coefficient (Wildman–Crippen LogP) is -0.0452. The van der Waals surface area contributed by atoms with Gasteiger partial charge in [0.1, 0.15) is 6.10 Å². The molecule has 60 valence electrons. The molecule has 0 saturated heterocycles. The van der Waals surface area contributed by atoms with E-state index in [0.717, 1.165) is 0 Å². The molecular formula is C7H14O3. The monoisotopic (exact) mass is 146 g/mol. The fourth-order valence-electron chi connectivity index (χ4n) is 0.784. The second-order valence-electron chi connectivity index (χ2n) is 2.41. The fraction of sp³-hybridized carbons (Fsp3) is 0.857. The van der Waals surface area contributed by atoms with Crippen LogP contribution >= 0.6 is 0 Å². The zero-order valence-electron chi connectivity index (χ0n) is 6.37. The zero-order chi connectivity index (χ0) is 8.15. The molecule has 0 amide bonds. The van der Waals surface area contributed by atoms with Crippen LogP contribution in [0.3, 0.4) is 0 Å². The van der Waals surface area contributed by atoms with Gasteiger partial charge >= 0.3 is 0 Å². The number of carbonyl (C=O) groups excluding carboxylic acids is 1. The molecule has 10 heavy (non-hydrogen) atoms. The minimum absolute atomic E-state index is 0.128. The second-order valence-corrected chi connectivity index (χ2v) is 2.41. The summed E-state index contributed by atoms with van der Waals surface area (Å²) < 4.78 is 0. The Morgan fingerprint density at radius 1 is 1.60 bits per heavy atom. The Hall–Kier alpha value is -0.410. The van der Waals surface area contributed by atoms with Crippen LogP contribution in [0, 0.1) is 5.92 Å². The van der Waals surface area contributed by atoms with Crippen LogP contribution in [0.15, 0.2) is 0 Å². The first-order valence-corrected chi connectivity index (χ1v) is 3.42. The first-order valence-electron chi connectivity index (χ1n) is 3.42. The Kier molecular flexibility index (Phi) is 4.23. The summed E-state index contributed by atoms with van der Waals surface area (Å²) in [6, 6.07) is 0. The molecule has 0 aromatic heterocycles. The van der Waals surface area contributed by atoms with E-state index < -0.39 is 6.10 Å². The second kappa shape index (κ2) is 4.41. The quantitative estimate of drug-likeness (QED) is 0.585. The van der Waals surface area contributed by atoms with Crippen LogP contribution in [0.2, 0.25) is 0 Å². The molecule has 0 unspecified atom stereocenters. The molecule has 0 aliphatic carbocycles. The largest absolute Gasteiger partial charge is 0.396 e. The minimum Gasteiger partial charge on any atom is -0.396 e. The van der Waals surface area contributed by atoms with Gasteiger partial charge in [-0.1, -0.05) is 6.92 Å². The molecule has 3 nitrogen and oxygen atoms in total. The molecule has 0 spiro atoms. The first kappa shape index (κ1) is 9.59. The molecule has 0 rings (SSSR count). The lowest BCUT2D eigenvalue weighted by Gasteiger charge is -2.15. The van der Waals surface area contributed by atoms with Crippen molar-refractivity contribution in [2.45, 2.75) is 26.4 Å². The van der Waals surface area contributed by atoms with Crippen LogP contribution in [0.5, 0.6) is 0 Å². The smallest absolute Gasteiger partial charge is 0.158 e. The van der Waals surface area contributed by atoms with E-state index in [9.17, 15) is 4.79 Å². The summed E-state index contributed by atoms with van der Waals surface area (Å²) in [6.45, 7) is 3.02. The zero-order valence-corrected chi connectivity index (χ0v) is 6.37. The topological polar surface area (TPSA) is 57.5 Å². The maximum atomic E-state index is 10.5. The summed E-state index contributed by atoms with van der Waals surface area (Å²) in [5.41, 5.74) is 0. The van der Waals surface area contributed by atoms with E-state index in [0.29, 0.717) is 6.42 Å². The summed E-state index contributed by atoms with van der Waals surface area (Å²) in [6.07, 6.45) is -0.368. The molecule has 3 heteroatoms. The highest BCUT2D eigenvalue weighted by molar-refractivity contribution is 5.80. The summed E-state index contributed by atoms with van der Waals surface area (Å²) in [5.74, 6) is -0.571. The lowest BCUT2D eigenvalue weighted by atomic mass is 9.98. The van der Waals surface area contributed by atoms with Crippen LogP contribution < -0.4 is 0 Å². The van der Waals surface area contributed by atoms with Gasteiger partial charge in [-0.2, -0.15) is 0 Å². The molecule has 0 aromatic carbocycles. The van der Waals surface area contributed by atoms with Crippen molar-refractivity contribution >= 4 is 5.78 Å². The van der Waals surface area contributed by atoms with Gasteiger partial charge in [0.15, 0.2) is 5.78 Å². The van der Waals surface area contributed by atoms with Crippen molar-refractivity contribution < 1.29 is 15.0 Å². The Balaban J connectivity index is 3.88. The number of ketones is 1. The van der Waals surface area contributed by atoms with E-state index in [2.05, 4.69) is 0 Å². The van der Waals surface area contributed by atoms with E-state index in [1.54, 1.807) is 0 Å². The van der Waals surface area contributed by atoms with Crippen LogP contribution in [0.25, 0.3) is 0 Å². The standard InChI is InChI=1S/C7H14O3/c1-3-6(4-8)7(10)5(2)9/h6-8,10H,3-4H2,1-2H3/t6-,7-/m0/s1. The Morgan fingerprint density at radius 2 is 2.10 bits per heavy atom. The van der Waals surface area contributed by atoms with Crippen LogP contribution in [-0.4, -0.2) is 28.7 Å². The van der Waals surface area contributed by atoms with E-state index in [-0.39, 0.29) is 18.3 Å². The van der Waals surface area contributed by atoms with Gasteiger partial charge in [-0.25, -0.2) is 0 Å². The molecule has 0 aliphatic heterocycles. The normalized spacial score (nSPS) is 16.4. The highest BCUT2D eigenvalue weighted by atomic mass is 16.3. The number of hydrogen-bond donors (Lipinski definition) is 2. The molecule has 0 bridgehead atoms. The Bertz CT molecular complexity index is 107. The summed E-state index contributed by atoms with van der Waals surface area (Å²) in [7, 11) is 0. The van der Waals surface area contributed by atoms with Gasteiger partial charge in [-0.3, -0.25) is 4.79 Å². The van der Waals surface area contributed by atoms with Crippen molar-refractivity contribution in [3.63, 3.8) is 0 Å². The van der Waals surface area contributed by atoms with Crippen molar-refractivity contribution in [1.29, 1.82) is 0 Å². The van der Waals surface area contributed by atoms with Gasteiger partial charge in [0.2, 0.25) is 0 Å². The molecule has 0 radical (unpaired) electrons. The molecular weight excluding hydrogens is 132 g/mol. The van der Waals surface area contributed by atoms with Gasteiger partial charge < -0.3 is 10.2 Å². The molecule has 0 aromatic rings. The highest BCUT2D eigenvalue weighted by Gasteiger charge is 2.19. The van der Waals surface area contributed by atoms with Crippen LogP contribution in [-0.2, 0) is 4.79 Å². The van der Waals surface area contributed by atoms with Crippen LogP contribution in [0.4, 0.5) is 0 Å². The Morgan fingerprint density at radius 3 is 2.20 bits per heavy atom. The van der Waals surface area contributed by atoms with Gasteiger partial charge in [0.05, 0.1) is 0 Å². The average molecular weight is 146 g/mol. The minimum atomic E-state index is -0.991. The van der Waals surface area contributed by atoms with E-state index in [1.807, 2.05) is 6.92 Å². The van der Waals surface area contributed by atoms with Crippen molar-refractivity contribution in [2.24, 2.45) is 5.92 Å². The van der Waals surface area contributed by atoms with Crippen molar-refractivity contribution in [3.8, 4) is 0 Å². The number of hydrogen-bond acceptors (Lipinski definition) is 3. The lowest BCUT2D eigenvalue weighted by molar-refractivity contribution is -0.128. The predicted molar refractivity (Wildman–Crippen MR) is 37.6 cm³/mol. The highest BCUT2D eigenvalue weighted by Crippen LogP contribution is 2.07. The maximum absolute atomic E-state index is 10.5. The summed E-state index contributed by atoms with van der Waals surface area (Å²) >= 11 is 0. The molecule has 0 saturated carbocycles. The van der Waals surface area contributed by atoms with E-state index >= 15 is 0 Å². The number of carbonyl (C=O) groups is 1. The first-order chi connectivity index (χ1) is 4.63. The molecule has 0 heterocycles. The number of rotatable bonds is 4. The SMILES string of the molecule is CC[C@@H](CO)[C@@H](O)C(C)=O. The number of aliphatic hydroxyl groups excluding tert-OH is 2. The average Bonchev–Trinajstić information content (AvgIpc) is 1.90. The number of Topliss-reactive ketones (excluding diaryl/α,β-unsaturated/α-hetero) is 1. The van der Waals surface area contributed by atoms with Crippen LogP contribution in [0.1, 0.15) is 20.3 Å². The third-order valence-corrected chi connectivity index (χ3v) is 1.62. The molecule has 0 aliphatic rings. The molecule has 0 fully saturated rings. The van der Waals surface area contributed by atoms with Crippen molar-refractivity contribution in [1.82, 2.24) is 0 Å². The van der Waals surface area contributed by atoms with Gasteiger partial charge in [-0.15, -0.1) is 0 Å². The summed E-state index contributed by atoms with van der Waals surface area (Å²) in [4.78, 5) is 10.5. The number of aliphatic hydroxyl groups is 2. The van der Waals surface area contributed by atoms with Crippen molar-refractivity contribution in [2.75, 3.05) is 6.61 Å². The van der Waals surface area contributed by atoms with E-state index in [1.165, 1.54) is 6.92 Å². The van der Waals surface area contributed by atoms with Gasteiger partial charge in [0, 0.05) is 12.5 Å². The summed E-state index contributed by atoms with van der Waals surface area (Å²) in [5, 5.41) is 17.7. The van der Waals surface area contributed by atoms with E-state index in [4.69, 9.17) is 10.2 Å². The van der Waals surface area contributed by atoms with Crippen molar-refractivity contribution in [3.05, 3.63) is 0 Å². The maximum Gasteiger partial charge on any atom is 0.158 e.